The van der Waals surface area contributed by atoms with E-state index in [1.165, 1.54) is 0 Å². The van der Waals surface area contributed by atoms with Gasteiger partial charge in [-0.1, -0.05) is 5.11 Å². The van der Waals surface area contributed by atoms with Crippen LogP contribution in [0.5, 0.6) is 0 Å². The Hall–Kier alpha value is -0.900. The third-order valence-corrected chi connectivity index (χ3v) is 2.25. The van der Waals surface area contributed by atoms with E-state index in [2.05, 4.69) is 14.2 Å². The van der Waals surface area contributed by atoms with Crippen molar-refractivity contribution >= 4 is 10.1 Å². The molecule has 19 heavy (non-hydrogen) atoms. The van der Waals surface area contributed by atoms with Crippen LogP contribution in [0.1, 0.15) is 6.92 Å². The van der Waals surface area contributed by atoms with Gasteiger partial charge in [-0.2, -0.15) is 8.42 Å². The summed E-state index contributed by atoms with van der Waals surface area (Å²) in [4.78, 5) is 2.48. The molecular weight excluding hydrogens is 278 g/mol. The Morgan fingerprint density at radius 2 is 1.74 bits per heavy atom. The summed E-state index contributed by atoms with van der Waals surface area (Å²) < 4.78 is 41.5. The van der Waals surface area contributed by atoms with E-state index in [1.807, 2.05) is 6.92 Å². The Morgan fingerprint density at radius 3 is 2.26 bits per heavy atom. The fraction of sp³-hybridized carbons (Fsp3) is 1.00. The lowest BCUT2D eigenvalue weighted by Gasteiger charge is -2.11. The molecule has 0 aromatic carbocycles. The average Bonchev–Trinajstić information content (AvgIpc) is 2.31. The van der Waals surface area contributed by atoms with Crippen LogP contribution in [-0.4, -0.2) is 60.5 Å². The van der Waals surface area contributed by atoms with Gasteiger partial charge in [-0.15, -0.1) is 0 Å². The smallest absolute Gasteiger partial charge is 0.264 e. The van der Waals surface area contributed by atoms with Crippen molar-refractivity contribution in [3.05, 3.63) is 10.4 Å². The Labute approximate surface area is 112 Å². The van der Waals surface area contributed by atoms with Crippen molar-refractivity contribution < 1.29 is 26.8 Å². The molecular formula is C9H19N3O6S. The lowest BCUT2D eigenvalue weighted by Crippen LogP contribution is -2.22. The predicted octanol–water partition coefficient (Wildman–Crippen LogP) is 0.669. The van der Waals surface area contributed by atoms with Gasteiger partial charge < -0.3 is 14.2 Å². The first-order valence-corrected chi connectivity index (χ1v) is 7.47. The lowest BCUT2D eigenvalue weighted by molar-refractivity contribution is -0.000990. The summed E-state index contributed by atoms with van der Waals surface area (Å²) in [6.45, 7) is 3.89. The molecule has 9 nitrogen and oxygen atoms in total. The van der Waals surface area contributed by atoms with Crippen LogP contribution in [0.25, 0.3) is 10.4 Å². The summed E-state index contributed by atoms with van der Waals surface area (Å²) in [6.07, 6.45) is -0.340. The molecule has 0 aliphatic heterocycles. The Morgan fingerprint density at radius 1 is 1.16 bits per heavy atom. The quantitative estimate of drug-likeness (QED) is 0.172. The molecule has 0 aromatic rings. The number of hydrogen-bond donors (Lipinski definition) is 0. The van der Waals surface area contributed by atoms with Crippen LogP contribution in [0.3, 0.4) is 0 Å². The molecule has 1 atom stereocenters. The van der Waals surface area contributed by atoms with E-state index in [1.54, 1.807) is 0 Å². The molecule has 0 radical (unpaired) electrons. The van der Waals surface area contributed by atoms with E-state index in [4.69, 9.17) is 19.7 Å². The largest absolute Gasteiger partial charge is 0.379 e. The first-order chi connectivity index (χ1) is 8.99. The Balaban J connectivity index is 3.68. The van der Waals surface area contributed by atoms with Gasteiger partial charge >= 0.3 is 0 Å². The minimum atomic E-state index is -3.70. The van der Waals surface area contributed by atoms with E-state index in [-0.39, 0.29) is 13.2 Å². The van der Waals surface area contributed by atoms with Crippen molar-refractivity contribution in [2.45, 2.75) is 13.2 Å². The maximum Gasteiger partial charge on any atom is 0.264 e. The van der Waals surface area contributed by atoms with Crippen molar-refractivity contribution in [2.24, 2.45) is 5.11 Å². The summed E-state index contributed by atoms with van der Waals surface area (Å²) in [5.41, 5.74) is 8.25. The number of rotatable bonds is 12. The maximum atomic E-state index is 10.9. The second-order valence-corrected chi connectivity index (χ2v) is 4.94. The molecule has 0 heterocycles. The third-order valence-electron chi connectivity index (χ3n) is 1.67. The Kier molecular flexibility index (Phi) is 10.5. The first kappa shape index (κ1) is 18.1. The summed E-state index contributed by atoms with van der Waals surface area (Å²) in [7, 11) is -3.70. The van der Waals surface area contributed by atoms with Gasteiger partial charge in [-0.05, 0) is 12.5 Å². The van der Waals surface area contributed by atoms with Gasteiger partial charge in [0.2, 0.25) is 0 Å². The standard InChI is InChI=1S/C9H19N3O6S/c1-3-15-4-5-16-6-7-17-8-9(11-12-10)18-19(2,13)14/h9H,3-8H2,1-2H3. The molecule has 0 bridgehead atoms. The molecule has 1 unspecified atom stereocenters. The van der Waals surface area contributed by atoms with E-state index >= 15 is 0 Å². The molecule has 0 amide bonds. The molecule has 112 valence electrons. The molecule has 0 spiro atoms. The SMILES string of the molecule is CCOCCOCCOCC(N=[N+]=[N-])OS(C)(=O)=O. The van der Waals surface area contributed by atoms with Crippen molar-refractivity contribution in [2.75, 3.05) is 45.9 Å². The average molecular weight is 297 g/mol. The minimum absolute atomic E-state index is 0.161. The number of ether oxygens (including phenoxy) is 3. The second kappa shape index (κ2) is 11.0. The summed E-state index contributed by atoms with van der Waals surface area (Å²) in [5, 5.41) is 3.16. The van der Waals surface area contributed by atoms with Gasteiger partial charge in [0, 0.05) is 11.5 Å². The molecule has 0 rings (SSSR count). The number of hydrogen-bond acceptors (Lipinski definition) is 7. The highest BCUT2D eigenvalue weighted by molar-refractivity contribution is 7.86. The van der Waals surface area contributed by atoms with Gasteiger partial charge in [0.15, 0.2) is 6.23 Å². The Bertz CT molecular complexity index is 368. The third kappa shape index (κ3) is 13.3. The van der Waals surface area contributed by atoms with Crippen molar-refractivity contribution in [3.63, 3.8) is 0 Å². The van der Waals surface area contributed by atoms with Gasteiger partial charge in [-0.3, -0.25) is 4.18 Å². The summed E-state index contributed by atoms with van der Waals surface area (Å²) >= 11 is 0. The maximum absolute atomic E-state index is 10.9. The van der Waals surface area contributed by atoms with Crippen molar-refractivity contribution in [3.8, 4) is 0 Å². The topological polar surface area (TPSA) is 120 Å². The van der Waals surface area contributed by atoms with Crippen LogP contribution in [0.4, 0.5) is 0 Å². The highest BCUT2D eigenvalue weighted by Crippen LogP contribution is 2.01. The minimum Gasteiger partial charge on any atom is -0.379 e. The first-order valence-electron chi connectivity index (χ1n) is 5.65. The van der Waals surface area contributed by atoms with Crippen LogP contribution in [0.2, 0.25) is 0 Å². The van der Waals surface area contributed by atoms with Crippen LogP contribution < -0.4 is 0 Å². The number of azide groups is 1. The molecule has 10 heteroatoms. The molecule has 0 fully saturated rings. The highest BCUT2D eigenvalue weighted by atomic mass is 32.2. The van der Waals surface area contributed by atoms with Crippen LogP contribution in [0.15, 0.2) is 5.11 Å². The fourth-order valence-electron chi connectivity index (χ4n) is 1.01. The number of nitrogens with zero attached hydrogens (tertiary/aromatic N) is 3. The summed E-state index contributed by atoms with van der Waals surface area (Å²) in [6, 6.07) is 0. The monoisotopic (exact) mass is 297 g/mol. The second-order valence-electron chi connectivity index (χ2n) is 3.34. The zero-order chi connectivity index (χ0) is 14.6. The molecule has 0 aromatic heterocycles. The van der Waals surface area contributed by atoms with E-state index in [9.17, 15) is 8.42 Å². The van der Waals surface area contributed by atoms with E-state index in [0.29, 0.717) is 26.4 Å². The van der Waals surface area contributed by atoms with Gasteiger partial charge in [0.25, 0.3) is 10.1 Å². The molecule has 0 N–H and O–H groups in total. The molecule has 0 aliphatic rings. The van der Waals surface area contributed by atoms with Crippen LogP contribution in [-0.2, 0) is 28.5 Å². The van der Waals surface area contributed by atoms with Gasteiger partial charge in [0.05, 0.1) is 39.3 Å². The summed E-state index contributed by atoms with van der Waals surface area (Å²) in [5.74, 6) is 0. The molecule has 0 saturated carbocycles. The van der Waals surface area contributed by atoms with Gasteiger partial charge in [-0.25, -0.2) is 0 Å². The van der Waals surface area contributed by atoms with E-state index < -0.39 is 16.3 Å². The highest BCUT2D eigenvalue weighted by Gasteiger charge is 2.13. The lowest BCUT2D eigenvalue weighted by atomic mass is 10.6. The van der Waals surface area contributed by atoms with Crippen molar-refractivity contribution in [1.29, 1.82) is 0 Å². The van der Waals surface area contributed by atoms with Crippen molar-refractivity contribution in [1.82, 2.24) is 0 Å². The molecule has 0 aliphatic carbocycles. The zero-order valence-corrected chi connectivity index (χ0v) is 11.8. The van der Waals surface area contributed by atoms with E-state index in [0.717, 1.165) is 6.26 Å². The van der Waals surface area contributed by atoms with Crippen LogP contribution in [0, 0.1) is 0 Å². The van der Waals surface area contributed by atoms with Crippen LogP contribution >= 0.6 is 0 Å². The zero-order valence-electron chi connectivity index (χ0n) is 11.0. The fourth-order valence-corrected chi connectivity index (χ4v) is 1.50. The molecule has 0 saturated heterocycles. The normalized spacial score (nSPS) is 12.9. The predicted molar refractivity (Wildman–Crippen MR) is 67.0 cm³/mol. The van der Waals surface area contributed by atoms with Gasteiger partial charge in [0.1, 0.15) is 0 Å².